The third kappa shape index (κ3) is 1.99. The van der Waals surface area contributed by atoms with E-state index in [1.165, 1.54) is 0 Å². The molecule has 2 aliphatic heterocycles. The minimum atomic E-state index is -4.24. The van der Waals surface area contributed by atoms with Crippen LogP contribution in [0.5, 0.6) is 11.5 Å². The molecule has 2 aliphatic rings. The Labute approximate surface area is 101 Å². The van der Waals surface area contributed by atoms with Crippen LogP contribution in [-0.4, -0.2) is 19.0 Å². The fourth-order valence-electron chi connectivity index (χ4n) is 2.12. The fourth-order valence-corrected chi connectivity index (χ4v) is 2.12. The lowest BCUT2D eigenvalue weighted by Crippen LogP contribution is -2.40. The molecule has 1 fully saturated rings. The van der Waals surface area contributed by atoms with Crippen molar-refractivity contribution in [2.75, 3.05) is 6.79 Å². The Bertz CT molecular complexity index is 464. The summed E-state index contributed by atoms with van der Waals surface area (Å²) in [4.78, 5) is 0. The molecule has 2 atom stereocenters. The van der Waals surface area contributed by atoms with Crippen LogP contribution in [0.1, 0.15) is 18.0 Å². The van der Waals surface area contributed by atoms with Crippen molar-refractivity contribution in [2.24, 2.45) is 0 Å². The molecule has 2 N–H and O–H groups in total. The number of hydrazine groups is 1. The second-order valence-electron chi connectivity index (χ2n) is 4.28. The predicted octanol–water partition coefficient (Wildman–Crippen LogP) is 1.89. The Morgan fingerprint density at radius 1 is 1.11 bits per heavy atom. The maximum Gasteiger partial charge on any atom is 0.405 e. The van der Waals surface area contributed by atoms with Crippen LogP contribution in [0.15, 0.2) is 18.2 Å². The van der Waals surface area contributed by atoms with Crippen molar-refractivity contribution in [1.29, 1.82) is 0 Å². The molecule has 1 aromatic rings. The highest BCUT2D eigenvalue weighted by Gasteiger charge is 2.44. The summed E-state index contributed by atoms with van der Waals surface area (Å²) in [5, 5.41) is 0. The molecule has 1 aromatic carbocycles. The van der Waals surface area contributed by atoms with E-state index in [4.69, 9.17) is 9.47 Å². The Morgan fingerprint density at radius 2 is 1.89 bits per heavy atom. The van der Waals surface area contributed by atoms with Crippen molar-refractivity contribution < 1.29 is 22.6 Å². The third-order valence-electron chi connectivity index (χ3n) is 3.10. The van der Waals surface area contributed by atoms with Gasteiger partial charge in [0, 0.05) is 6.04 Å². The Morgan fingerprint density at radius 3 is 2.61 bits per heavy atom. The molecule has 0 spiro atoms. The minimum Gasteiger partial charge on any atom is -0.454 e. The number of ether oxygens (including phenoxy) is 2. The molecule has 0 aliphatic carbocycles. The van der Waals surface area contributed by atoms with Gasteiger partial charge in [0.1, 0.15) is 6.04 Å². The molecule has 2 unspecified atom stereocenters. The van der Waals surface area contributed by atoms with Crippen LogP contribution >= 0.6 is 0 Å². The summed E-state index contributed by atoms with van der Waals surface area (Å²) in [6, 6.07) is 3.26. The van der Waals surface area contributed by atoms with Gasteiger partial charge in [0.05, 0.1) is 0 Å². The monoisotopic (exact) mass is 260 g/mol. The van der Waals surface area contributed by atoms with Crippen molar-refractivity contribution in [3.63, 3.8) is 0 Å². The molecule has 18 heavy (non-hydrogen) atoms. The smallest absolute Gasteiger partial charge is 0.405 e. The van der Waals surface area contributed by atoms with Gasteiger partial charge in [-0.3, -0.25) is 0 Å². The molecule has 4 nitrogen and oxygen atoms in total. The molecule has 0 bridgehead atoms. The number of hydrogen-bond acceptors (Lipinski definition) is 4. The number of hydrogen-bond donors (Lipinski definition) is 2. The van der Waals surface area contributed by atoms with Gasteiger partial charge >= 0.3 is 6.18 Å². The van der Waals surface area contributed by atoms with E-state index >= 15 is 0 Å². The van der Waals surface area contributed by atoms with Crippen LogP contribution in [-0.2, 0) is 0 Å². The number of benzene rings is 1. The first-order chi connectivity index (χ1) is 8.54. The van der Waals surface area contributed by atoms with Gasteiger partial charge in [-0.15, -0.1) is 0 Å². The molecule has 98 valence electrons. The summed E-state index contributed by atoms with van der Waals surface area (Å²) in [5.74, 6) is 1.20. The van der Waals surface area contributed by atoms with Crippen molar-refractivity contribution >= 4 is 0 Å². The van der Waals surface area contributed by atoms with E-state index in [9.17, 15) is 13.2 Å². The molecule has 0 radical (unpaired) electrons. The predicted molar refractivity (Wildman–Crippen MR) is 56.0 cm³/mol. The van der Waals surface area contributed by atoms with Crippen LogP contribution in [0, 0.1) is 0 Å². The molecule has 7 heteroatoms. The van der Waals surface area contributed by atoms with E-state index in [1.807, 2.05) is 0 Å². The Hall–Kier alpha value is -1.47. The standard InChI is InChI=1S/C11H11F3N2O2/c12-11(13,14)10-4-7(15-16-10)6-1-2-8-9(3-6)18-5-17-8/h1-3,7,10,15-16H,4-5H2. The number of halogens is 3. The maximum atomic E-state index is 12.5. The Kier molecular flexibility index (Phi) is 2.60. The molecular weight excluding hydrogens is 249 g/mol. The molecule has 0 aromatic heterocycles. The average Bonchev–Trinajstić information content (AvgIpc) is 2.96. The van der Waals surface area contributed by atoms with Crippen LogP contribution in [0.25, 0.3) is 0 Å². The fraction of sp³-hybridized carbons (Fsp3) is 0.455. The van der Waals surface area contributed by atoms with Gasteiger partial charge in [-0.25, -0.2) is 10.9 Å². The summed E-state index contributed by atoms with van der Waals surface area (Å²) < 4.78 is 47.9. The van der Waals surface area contributed by atoms with E-state index in [0.29, 0.717) is 11.5 Å². The van der Waals surface area contributed by atoms with Crippen LogP contribution in [0.4, 0.5) is 13.2 Å². The SMILES string of the molecule is FC(F)(F)C1CC(c2ccc3c(c2)OCO3)NN1. The zero-order valence-electron chi connectivity index (χ0n) is 9.25. The summed E-state index contributed by atoms with van der Waals surface area (Å²) in [7, 11) is 0. The van der Waals surface area contributed by atoms with E-state index in [2.05, 4.69) is 10.9 Å². The van der Waals surface area contributed by atoms with E-state index in [-0.39, 0.29) is 19.3 Å². The molecule has 2 heterocycles. The quantitative estimate of drug-likeness (QED) is 0.809. The average molecular weight is 260 g/mol. The molecule has 1 saturated heterocycles. The normalized spacial score (nSPS) is 26.6. The van der Waals surface area contributed by atoms with Crippen molar-refractivity contribution in [3.05, 3.63) is 23.8 Å². The van der Waals surface area contributed by atoms with Gasteiger partial charge in [0.2, 0.25) is 6.79 Å². The largest absolute Gasteiger partial charge is 0.454 e. The lowest BCUT2D eigenvalue weighted by atomic mass is 10.0. The second kappa shape index (κ2) is 4.03. The van der Waals surface area contributed by atoms with E-state index in [0.717, 1.165) is 5.56 Å². The van der Waals surface area contributed by atoms with Crippen molar-refractivity contribution in [3.8, 4) is 11.5 Å². The van der Waals surface area contributed by atoms with Crippen LogP contribution in [0.2, 0.25) is 0 Å². The number of alkyl halides is 3. The van der Waals surface area contributed by atoms with Gasteiger partial charge in [0.25, 0.3) is 0 Å². The first-order valence-electron chi connectivity index (χ1n) is 5.51. The summed E-state index contributed by atoms with van der Waals surface area (Å²) in [6.07, 6.45) is -4.28. The summed E-state index contributed by atoms with van der Waals surface area (Å²) in [6.45, 7) is 0.153. The van der Waals surface area contributed by atoms with Gasteiger partial charge in [0.15, 0.2) is 11.5 Å². The first-order valence-corrected chi connectivity index (χ1v) is 5.51. The lowest BCUT2D eigenvalue weighted by molar-refractivity contribution is -0.153. The highest BCUT2D eigenvalue weighted by molar-refractivity contribution is 5.45. The molecular formula is C11H11F3N2O2. The van der Waals surface area contributed by atoms with Gasteiger partial charge < -0.3 is 9.47 Å². The Balaban J connectivity index is 1.77. The second-order valence-corrected chi connectivity index (χ2v) is 4.28. The molecule has 0 saturated carbocycles. The van der Waals surface area contributed by atoms with Gasteiger partial charge in [-0.05, 0) is 24.1 Å². The number of nitrogens with one attached hydrogen (secondary N) is 2. The molecule has 3 rings (SSSR count). The van der Waals surface area contributed by atoms with Crippen LogP contribution in [0.3, 0.4) is 0 Å². The van der Waals surface area contributed by atoms with E-state index in [1.54, 1.807) is 18.2 Å². The third-order valence-corrected chi connectivity index (χ3v) is 3.10. The van der Waals surface area contributed by atoms with Crippen LogP contribution < -0.4 is 20.3 Å². The number of rotatable bonds is 1. The highest BCUT2D eigenvalue weighted by atomic mass is 19.4. The highest BCUT2D eigenvalue weighted by Crippen LogP contribution is 2.37. The first kappa shape index (κ1) is 11.6. The summed E-state index contributed by atoms with van der Waals surface area (Å²) in [5.41, 5.74) is 5.67. The van der Waals surface area contributed by atoms with E-state index < -0.39 is 12.2 Å². The summed E-state index contributed by atoms with van der Waals surface area (Å²) >= 11 is 0. The zero-order valence-corrected chi connectivity index (χ0v) is 9.25. The zero-order chi connectivity index (χ0) is 12.8. The lowest BCUT2D eigenvalue weighted by Gasteiger charge is -2.13. The van der Waals surface area contributed by atoms with Gasteiger partial charge in [-0.1, -0.05) is 6.07 Å². The van der Waals surface area contributed by atoms with Crippen molar-refractivity contribution in [1.82, 2.24) is 10.9 Å². The molecule has 0 amide bonds. The maximum absolute atomic E-state index is 12.5. The van der Waals surface area contributed by atoms with Gasteiger partial charge in [-0.2, -0.15) is 13.2 Å². The van der Waals surface area contributed by atoms with Crippen molar-refractivity contribution in [2.45, 2.75) is 24.7 Å². The number of fused-ring (bicyclic) bond motifs is 1. The topological polar surface area (TPSA) is 42.5 Å². The minimum absolute atomic E-state index is 0.0385.